The Morgan fingerprint density at radius 2 is 1.84 bits per heavy atom. The average Bonchev–Trinajstić information content (AvgIpc) is 3.68. The maximum atomic E-state index is 13.2. The summed E-state index contributed by atoms with van der Waals surface area (Å²) < 4.78 is 8.35. The monoisotopic (exact) mass is 513 g/mol. The van der Waals surface area contributed by atoms with Crippen LogP contribution in [0.3, 0.4) is 0 Å². The predicted molar refractivity (Wildman–Crippen MR) is 145 cm³/mol. The second-order valence-corrected chi connectivity index (χ2v) is 9.54. The molecule has 0 spiro atoms. The molecule has 0 unspecified atom stereocenters. The van der Waals surface area contributed by atoms with Crippen LogP contribution in [0.25, 0.3) is 11.3 Å². The van der Waals surface area contributed by atoms with Crippen molar-refractivity contribution in [3.05, 3.63) is 83.8 Å². The highest BCUT2D eigenvalue weighted by Gasteiger charge is 2.26. The fraction of sp³-hybridized carbons (Fsp3) is 0.276. The van der Waals surface area contributed by atoms with E-state index in [-0.39, 0.29) is 23.6 Å². The van der Waals surface area contributed by atoms with Gasteiger partial charge in [-0.05, 0) is 60.9 Å². The van der Waals surface area contributed by atoms with Crippen LogP contribution < -0.4 is 15.4 Å². The molecule has 1 aliphatic carbocycles. The van der Waals surface area contributed by atoms with E-state index in [1.165, 1.54) is 10.7 Å². The minimum absolute atomic E-state index is 0.0315. The number of aromatic hydroxyl groups is 1. The van der Waals surface area contributed by atoms with Crippen molar-refractivity contribution in [1.29, 1.82) is 0 Å². The molecule has 3 N–H and O–H groups in total. The second kappa shape index (κ2) is 10.8. The first-order valence-electron chi connectivity index (χ1n) is 12.7. The molecule has 0 atom stereocenters. The zero-order chi connectivity index (χ0) is 26.6. The molecule has 1 saturated carbocycles. The van der Waals surface area contributed by atoms with Crippen molar-refractivity contribution in [1.82, 2.24) is 19.7 Å². The van der Waals surface area contributed by atoms with Crippen molar-refractivity contribution < 1.29 is 19.4 Å². The van der Waals surface area contributed by atoms with Gasteiger partial charge in [0, 0.05) is 43.0 Å². The molecule has 5 rings (SSSR count). The number of ether oxygens (including phenoxy) is 1. The van der Waals surface area contributed by atoms with Crippen LogP contribution in [0.1, 0.15) is 53.3 Å². The van der Waals surface area contributed by atoms with Gasteiger partial charge in [-0.1, -0.05) is 25.0 Å². The van der Waals surface area contributed by atoms with Crippen LogP contribution in [0, 0.1) is 0 Å². The van der Waals surface area contributed by atoms with Crippen LogP contribution >= 0.6 is 0 Å². The zero-order valence-corrected chi connectivity index (χ0v) is 21.5. The summed E-state index contributed by atoms with van der Waals surface area (Å²) in [6, 6.07) is 17.5. The number of amides is 2. The number of aromatic nitrogens is 3. The molecule has 2 amide bonds. The standard InChI is InChI=1S/C29H31N5O4/c1-33-15-5-8-25(33)28(36)31-21-11-14-23(27(35)16-21)24-17-26(20-6-3-4-7-20)34(32-24)29(37)30-18-19-9-12-22(38-2)13-10-19/h5,8-17,20,35H,3-4,6-7,18H2,1-2H3,(H,30,37)(H,31,36). The lowest BCUT2D eigenvalue weighted by molar-refractivity contribution is 0.101. The highest BCUT2D eigenvalue weighted by molar-refractivity contribution is 6.03. The van der Waals surface area contributed by atoms with Gasteiger partial charge in [0.1, 0.15) is 17.2 Å². The van der Waals surface area contributed by atoms with E-state index in [1.807, 2.05) is 30.3 Å². The summed E-state index contributed by atoms with van der Waals surface area (Å²) in [7, 11) is 3.41. The van der Waals surface area contributed by atoms with Gasteiger partial charge in [0.25, 0.3) is 5.91 Å². The third kappa shape index (κ3) is 5.27. The van der Waals surface area contributed by atoms with Crippen molar-refractivity contribution in [3.8, 4) is 22.8 Å². The van der Waals surface area contributed by atoms with Gasteiger partial charge in [0.05, 0.1) is 18.5 Å². The van der Waals surface area contributed by atoms with Gasteiger partial charge in [-0.15, -0.1) is 0 Å². The SMILES string of the molecule is COc1ccc(CNC(=O)n2nc(-c3ccc(NC(=O)c4cccn4C)cc3O)cc2C2CCCC2)cc1. The molecule has 9 nitrogen and oxygen atoms in total. The van der Waals surface area contributed by atoms with Crippen LogP contribution in [-0.2, 0) is 13.6 Å². The molecular formula is C29H31N5O4. The Morgan fingerprint density at radius 1 is 1.08 bits per heavy atom. The predicted octanol–water partition coefficient (Wildman–Crippen LogP) is 5.27. The van der Waals surface area contributed by atoms with Gasteiger partial charge in [0.15, 0.2) is 0 Å². The Balaban J connectivity index is 1.37. The summed E-state index contributed by atoms with van der Waals surface area (Å²) in [6.07, 6.45) is 6.00. The lowest BCUT2D eigenvalue weighted by Gasteiger charge is -2.12. The van der Waals surface area contributed by atoms with Gasteiger partial charge in [0.2, 0.25) is 0 Å². The van der Waals surface area contributed by atoms with E-state index in [2.05, 4.69) is 15.7 Å². The van der Waals surface area contributed by atoms with E-state index in [0.29, 0.717) is 29.2 Å². The molecule has 0 radical (unpaired) electrons. The van der Waals surface area contributed by atoms with Crippen LogP contribution in [0.4, 0.5) is 10.5 Å². The second-order valence-electron chi connectivity index (χ2n) is 9.54. The fourth-order valence-electron chi connectivity index (χ4n) is 4.92. The van der Waals surface area contributed by atoms with E-state index in [1.54, 1.807) is 49.2 Å². The number of phenolic OH excluding ortho intramolecular Hbond substituents is 1. The maximum Gasteiger partial charge on any atom is 0.342 e. The zero-order valence-electron chi connectivity index (χ0n) is 21.5. The minimum atomic E-state index is -0.320. The molecule has 0 aliphatic heterocycles. The smallest absolute Gasteiger partial charge is 0.342 e. The highest BCUT2D eigenvalue weighted by Crippen LogP contribution is 2.38. The first-order chi connectivity index (χ1) is 18.4. The normalized spacial score (nSPS) is 13.4. The van der Waals surface area contributed by atoms with Crippen LogP contribution in [0.2, 0.25) is 0 Å². The number of methoxy groups -OCH3 is 1. The molecule has 2 heterocycles. The van der Waals surface area contributed by atoms with E-state index >= 15 is 0 Å². The minimum Gasteiger partial charge on any atom is -0.507 e. The topological polar surface area (TPSA) is 110 Å². The lowest BCUT2D eigenvalue weighted by Crippen LogP contribution is -2.30. The number of aryl methyl sites for hydroxylation is 1. The number of carbonyl (C=O) groups excluding carboxylic acids is 2. The number of rotatable bonds is 7. The van der Waals surface area contributed by atoms with Gasteiger partial charge < -0.3 is 25.0 Å². The average molecular weight is 514 g/mol. The van der Waals surface area contributed by atoms with E-state index in [9.17, 15) is 14.7 Å². The lowest BCUT2D eigenvalue weighted by atomic mass is 10.0. The van der Waals surface area contributed by atoms with E-state index in [4.69, 9.17) is 4.74 Å². The largest absolute Gasteiger partial charge is 0.507 e. The molecule has 1 aliphatic rings. The number of benzene rings is 2. The van der Waals surface area contributed by atoms with Crippen molar-refractivity contribution >= 4 is 17.6 Å². The number of carbonyl (C=O) groups is 2. The quantitative estimate of drug-likeness (QED) is 0.312. The Bertz CT molecular complexity index is 1450. The van der Waals surface area contributed by atoms with Crippen molar-refractivity contribution in [2.24, 2.45) is 7.05 Å². The van der Waals surface area contributed by atoms with Crippen molar-refractivity contribution in [3.63, 3.8) is 0 Å². The summed E-state index contributed by atoms with van der Waals surface area (Å²) >= 11 is 0. The summed E-state index contributed by atoms with van der Waals surface area (Å²) in [4.78, 5) is 25.8. The third-order valence-electron chi connectivity index (χ3n) is 7.01. The Labute approximate surface area is 221 Å². The first kappa shape index (κ1) is 25.1. The Kier molecular flexibility index (Phi) is 7.17. The Hall–Kier alpha value is -4.53. The number of nitrogens with zero attached hydrogens (tertiary/aromatic N) is 3. The molecule has 4 aromatic rings. The van der Waals surface area contributed by atoms with E-state index < -0.39 is 0 Å². The molecule has 9 heteroatoms. The number of nitrogens with one attached hydrogen (secondary N) is 2. The fourth-order valence-corrected chi connectivity index (χ4v) is 4.92. The summed E-state index contributed by atoms with van der Waals surface area (Å²) in [5, 5.41) is 21.2. The first-order valence-corrected chi connectivity index (χ1v) is 12.7. The molecule has 2 aromatic heterocycles. The highest BCUT2D eigenvalue weighted by atomic mass is 16.5. The number of hydrogen-bond donors (Lipinski definition) is 3. The molecular weight excluding hydrogens is 482 g/mol. The maximum absolute atomic E-state index is 13.2. The van der Waals surface area contributed by atoms with Gasteiger partial charge in [-0.2, -0.15) is 9.78 Å². The molecule has 196 valence electrons. The van der Waals surface area contributed by atoms with Gasteiger partial charge in [-0.25, -0.2) is 4.79 Å². The van der Waals surface area contributed by atoms with Crippen LogP contribution in [0.15, 0.2) is 66.9 Å². The van der Waals surface area contributed by atoms with Crippen LogP contribution in [0.5, 0.6) is 11.5 Å². The number of hydrogen-bond acceptors (Lipinski definition) is 5. The van der Waals surface area contributed by atoms with Crippen molar-refractivity contribution in [2.45, 2.75) is 38.1 Å². The summed E-state index contributed by atoms with van der Waals surface area (Å²) in [5.74, 6) is 0.682. The van der Waals surface area contributed by atoms with Gasteiger partial charge >= 0.3 is 6.03 Å². The number of anilines is 1. The molecule has 38 heavy (non-hydrogen) atoms. The molecule has 1 fully saturated rings. The molecule has 0 bridgehead atoms. The number of phenols is 1. The third-order valence-corrected chi connectivity index (χ3v) is 7.01. The van der Waals surface area contributed by atoms with Crippen molar-refractivity contribution in [2.75, 3.05) is 12.4 Å². The summed E-state index contributed by atoms with van der Waals surface area (Å²) in [5.41, 5.74) is 3.75. The molecule has 2 aromatic carbocycles. The van der Waals surface area contributed by atoms with Crippen LogP contribution in [-0.4, -0.2) is 38.5 Å². The summed E-state index contributed by atoms with van der Waals surface area (Å²) in [6.45, 7) is 0.350. The Morgan fingerprint density at radius 3 is 2.50 bits per heavy atom. The van der Waals surface area contributed by atoms with Gasteiger partial charge in [-0.3, -0.25) is 4.79 Å². The van der Waals surface area contributed by atoms with E-state index in [0.717, 1.165) is 42.7 Å². The molecule has 0 saturated heterocycles.